The van der Waals surface area contributed by atoms with Gasteiger partial charge in [-0.2, -0.15) is 0 Å². The number of hydrogen-bond acceptors (Lipinski definition) is 2. The lowest BCUT2D eigenvalue weighted by molar-refractivity contribution is 0.868. The van der Waals surface area contributed by atoms with Crippen LogP contribution in [0.1, 0.15) is 36.5 Å². The van der Waals surface area contributed by atoms with Gasteiger partial charge in [-0.1, -0.05) is 117 Å². The van der Waals surface area contributed by atoms with E-state index in [9.17, 15) is 0 Å². The first-order valence-electron chi connectivity index (χ1n) is 16.1. The first kappa shape index (κ1) is 27.8. The molecule has 0 radical (unpaired) electrons. The molecule has 0 aliphatic carbocycles. The van der Waals surface area contributed by atoms with Gasteiger partial charge in [0.25, 0.3) is 0 Å². The lowest BCUT2D eigenvalue weighted by atomic mass is 10.0. The highest BCUT2D eigenvalue weighted by molar-refractivity contribution is 6.09. The molecule has 5 nitrogen and oxygen atoms in total. The fourth-order valence-corrected chi connectivity index (χ4v) is 6.75. The molecule has 0 spiro atoms. The first-order valence-corrected chi connectivity index (χ1v) is 16.1. The van der Waals surface area contributed by atoms with Crippen LogP contribution >= 0.6 is 0 Å². The van der Waals surface area contributed by atoms with Crippen molar-refractivity contribution >= 4 is 21.8 Å². The van der Waals surface area contributed by atoms with Crippen molar-refractivity contribution in [3.05, 3.63) is 162 Å². The quantitative estimate of drug-likeness (QED) is 0.175. The van der Waals surface area contributed by atoms with Crippen LogP contribution in [-0.4, -0.2) is 23.7 Å². The van der Waals surface area contributed by atoms with Gasteiger partial charge in [-0.15, -0.1) is 0 Å². The second-order valence-electron chi connectivity index (χ2n) is 11.7. The van der Waals surface area contributed by atoms with Gasteiger partial charge in [-0.05, 0) is 48.2 Å². The van der Waals surface area contributed by atoms with Crippen LogP contribution in [0.5, 0.6) is 0 Å². The van der Waals surface area contributed by atoms with Crippen LogP contribution in [0.25, 0.3) is 50.4 Å². The largest absolute Gasteiger partial charge is 0.302 e. The first-order chi connectivity index (χ1) is 22.7. The van der Waals surface area contributed by atoms with Gasteiger partial charge >= 0.3 is 0 Å². The van der Waals surface area contributed by atoms with Gasteiger partial charge in [-0.25, -0.2) is 9.97 Å². The fourth-order valence-electron chi connectivity index (χ4n) is 6.75. The van der Waals surface area contributed by atoms with Crippen molar-refractivity contribution in [3.63, 3.8) is 0 Å². The third-order valence-corrected chi connectivity index (χ3v) is 8.95. The normalized spacial score (nSPS) is 11.5. The van der Waals surface area contributed by atoms with Crippen molar-refractivity contribution in [1.29, 1.82) is 0 Å². The number of fused-ring (bicyclic) bond motifs is 3. The number of aromatic nitrogens is 5. The van der Waals surface area contributed by atoms with Crippen molar-refractivity contribution in [2.75, 3.05) is 0 Å². The highest BCUT2D eigenvalue weighted by Gasteiger charge is 2.21. The van der Waals surface area contributed by atoms with Crippen molar-refractivity contribution < 1.29 is 0 Å². The van der Waals surface area contributed by atoms with Gasteiger partial charge in [0, 0.05) is 34.4 Å². The summed E-state index contributed by atoms with van der Waals surface area (Å²) in [6, 6.07) is 44.8. The molecule has 0 unspecified atom stereocenters. The van der Waals surface area contributed by atoms with Crippen molar-refractivity contribution in [1.82, 2.24) is 23.7 Å². The molecule has 0 saturated heterocycles. The Bertz CT molecular complexity index is 2230. The smallest absolute Gasteiger partial charge is 0.219 e. The number of hydrogen-bond donors (Lipinski definition) is 0. The second-order valence-corrected chi connectivity index (χ2v) is 11.7. The van der Waals surface area contributed by atoms with E-state index in [4.69, 9.17) is 9.97 Å². The summed E-state index contributed by atoms with van der Waals surface area (Å²) in [5.74, 6) is 1.84. The van der Waals surface area contributed by atoms with E-state index in [1.807, 2.05) is 0 Å². The number of aryl methyl sites for hydroxylation is 2. The highest BCUT2D eigenvalue weighted by Crippen LogP contribution is 2.33. The van der Waals surface area contributed by atoms with E-state index in [1.54, 1.807) is 0 Å². The van der Waals surface area contributed by atoms with Crippen molar-refractivity contribution in [2.24, 2.45) is 0 Å². The third-order valence-electron chi connectivity index (χ3n) is 8.95. The molecule has 3 aromatic heterocycles. The summed E-state index contributed by atoms with van der Waals surface area (Å²) < 4.78 is 6.84. The molecule has 3 heterocycles. The van der Waals surface area contributed by atoms with E-state index in [1.165, 1.54) is 27.6 Å². The molecular formula is C41H35N5. The summed E-state index contributed by atoms with van der Waals surface area (Å²) in [5, 5.41) is 2.43. The number of benzene rings is 5. The zero-order valence-electron chi connectivity index (χ0n) is 26.1. The van der Waals surface area contributed by atoms with Crippen LogP contribution in [0.15, 0.2) is 140 Å². The van der Waals surface area contributed by atoms with E-state index in [2.05, 4.69) is 167 Å². The average Bonchev–Trinajstić information content (AvgIpc) is 3.82. The van der Waals surface area contributed by atoms with E-state index in [0.717, 1.165) is 58.3 Å². The minimum absolute atomic E-state index is 0.581. The van der Waals surface area contributed by atoms with Gasteiger partial charge in [0.1, 0.15) is 5.82 Å². The van der Waals surface area contributed by atoms with Crippen LogP contribution in [0.4, 0.5) is 0 Å². The average molecular weight is 598 g/mol. The van der Waals surface area contributed by atoms with Gasteiger partial charge in [0.05, 0.1) is 34.5 Å². The predicted octanol–water partition coefficient (Wildman–Crippen LogP) is 9.54. The minimum Gasteiger partial charge on any atom is -0.302 e. The monoisotopic (exact) mass is 597 g/mol. The summed E-state index contributed by atoms with van der Waals surface area (Å²) in [6.45, 7) is 4.46. The number of nitrogens with zero attached hydrogens (tertiary/aromatic N) is 5. The molecule has 8 aromatic rings. The lowest BCUT2D eigenvalue weighted by Crippen LogP contribution is -2.08. The molecule has 0 saturated carbocycles. The van der Waals surface area contributed by atoms with Crippen LogP contribution in [0, 0.1) is 0 Å². The van der Waals surface area contributed by atoms with Gasteiger partial charge in [0.15, 0.2) is 0 Å². The molecule has 0 amide bonds. The lowest BCUT2D eigenvalue weighted by Gasteiger charge is -2.16. The number of rotatable bonds is 8. The van der Waals surface area contributed by atoms with E-state index in [0.29, 0.717) is 6.42 Å². The molecule has 5 aromatic carbocycles. The molecule has 8 rings (SSSR count). The maximum atomic E-state index is 5.40. The van der Waals surface area contributed by atoms with Crippen LogP contribution < -0.4 is 0 Å². The Kier molecular flexibility index (Phi) is 7.07. The Hall–Kier alpha value is -5.68. The zero-order chi connectivity index (χ0) is 31.0. The molecular weight excluding hydrogens is 562 g/mol. The van der Waals surface area contributed by atoms with E-state index >= 15 is 0 Å². The Morgan fingerprint density at radius 2 is 1.13 bits per heavy atom. The SMILES string of the molecule is CCc1cccc(CC)c1-n1cc(-c2ccccc2)nc1Cc1cn(-c2ccccc2)c(-n2c3ccccc3c3ccccc32)n1. The van der Waals surface area contributed by atoms with Crippen LogP contribution in [-0.2, 0) is 19.3 Å². The number of para-hydroxylation sites is 4. The Morgan fingerprint density at radius 1 is 0.543 bits per heavy atom. The molecule has 46 heavy (non-hydrogen) atoms. The van der Waals surface area contributed by atoms with E-state index in [-0.39, 0.29) is 0 Å². The van der Waals surface area contributed by atoms with E-state index < -0.39 is 0 Å². The summed E-state index contributed by atoms with van der Waals surface area (Å²) in [5.41, 5.74) is 10.2. The Labute approximate surface area is 269 Å². The van der Waals surface area contributed by atoms with Crippen LogP contribution in [0.3, 0.4) is 0 Å². The van der Waals surface area contributed by atoms with Gasteiger partial charge < -0.3 is 4.57 Å². The summed E-state index contributed by atoms with van der Waals surface area (Å²) in [7, 11) is 0. The molecule has 5 heteroatoms. The van der Waals surface area contributed by atoms with Crippen LogP contribution in [0.2, 0.25) is 0 Å². The fraction of sp³-hybridized carbons (Fsp3) is 0.122. The molecule has 0 aliphatic heterocycles. The molecule has 224 valence electrons. The molecule has 0 fully saturated rings. The predicted molar refractivity (Wildman–Crippen MR) is 188 cm³/mol. The van der Waals surface area contributed by atoms with Gasteiger partial charge in [-0.3, -0.25) is 9.13 Å². The zero-order valence-corrected chi connectivity index (χ0v) is 26.1. The Morgan fingerprint density at radius 3 is 1.76 bits per heavy atom. The second kappa shape index (κ2) is 11.7. The molecule has 0 atom stereocenters. The van der Waals surface area contributed by atoms with Crippen molar-refractivity contribution in [3.8, 4) is 28.6 Å². The molecule has 0 N–H and O–H groups in total. The topological polar surface area (TPSA) is 40.6 Å². The molecule has 0 bridgehead atoms. The summed E-state index contributed by atoms with van der Waals surface area (Å²) in [4.78, 5) is 10.7. The standard InChI is InChI=1S/C41H35N5/c1-3-29-18-15-19-30(4-2)40(29)45-28-36(31-16-7-5-8-17-31)43-39(45)26-32-27-44(33-20-9-6-10-21-33)41(42-32)46-37-24-13-11-22-34(37)35-23-12-14-25-38(35)46/h5-25,27-28H,3-4,26H2,1-2H3. The minimum atomic E-state index is 0.581. The maximum Gasteiger partial charge on any atom is 0.219 e. The van der Waals surface area contributed by atoms with Crippen molar-refractivity contribution in [2.45, 2.75) is 33.1 Å². The maximum absolute atomic E-state index is 5.40. The third kappa shape index (κ3) is 4.72. The summed E-state index contributed by atoms with van der Waals surface area (Å²) in [6.07, 6.45) is 6.87. The van der Waals surface area contributed by atoms with Gasteiger partial charge in [0.2, 0.25) is 5.95 Å². The highest BCUT2D eigenvalue weighted by atomic mass is 15.2. The summed E-state index contributed by atoms with van der Waals surface area (Å²) >= 11 is 0. The number of imidazole rings is 2. The Balaban J connectivity index is 1.34. The molecule has 0 aliphatic rings.